The molecule has 5 rings (SSSR count). The number of hydrogen-bond acceptors (Lipinski definition) is 7. The van der Waals surface area contributed by atoms with Gasteiger partial charge in [0, 0.05) is 29.0 Å². The van der Waals surface area contributed by atoms with Gasteiger partial charge in [0.15, 0.2) is 0 Å². The lowest BCUT2D eigenvalue weighted by molar-refractivity contribution is -0.274. The lowest BCUT2D eigenvalue weighted by atomic mass is 10.1. The number of ether oxygens (including phenoxy) is 2. The molecule has 1 atom stereocenters. The Kier molecular flexibility index (Phi) is 7.03. The normalized spacial score (nSPS) is 16.0. The number of thiophene rings is 1. The molecule has 38 heavy (non-hydrogen) atoms. The largest absolute Gasteiger partial charge is 0.573 e. The molecule has 3 aromatic heterocycles. The van der Waals surface area contributed by atoms with E-state index in [9.17, 15) is 26.4 Å². The van der Waals surface area contributed by atoms with Crippen LogP contribution in [0.2, 0.25) is 0 Å². The number of alkyl halides is 3. The molecule has 1 fully saturated rings. The van der Waals surface area contributed by atoms with E-state index < -0.39 is 22.1 Å². The molecule has 4 aromatic rings. The maximum Gasteiger partial charge on any atom is 0.573 e. The van der Waals surface area contributed by atoms with Crippen molar-refractivity contribution in [2.75, 3.05) is 17.9 Å². The van der Waals surface area contributed by atoms with Crippen molar-refractivity contribution in [1.82, 2.24) is 15.3 Å². The molecule has 9 nitrogen and oxygen atoms in total. The minimum absolute atomic E-state index is 0.0401. The fourth-order valence-corrected chi connectivity index (χ4v) is 5.93. The van der Waals surface area contributed by atoms with E-state index in [0.717, 1.165) is 42.0 Å². The molecule has 1 aliphatic rings. The lowest BCUT2D eigenvalue weighted by Gasteiger charge is -2.11. The number of nitrogens with zero attached hydrogens (tertiary/aromatic N) is 1. The fraction of sp³-hybridized carbons (Fsp3) is 0.250. The Morgan fingerprint density at radius 2 is 2.03 bits per heavy atom. The van der Waals surface area contributed by atoms with Crippen molar-refractivity contribution in [3.63, 3.8) is 0 Å². The number of aromatic nitrogens is 2. The van der Waals surface area contributed by atoms with Crippen LogP contribution in [0.25, 0.3) is 21.5 Å². The maximum absolute atomic E-state index is 13.1. The van der Waals surface area contributed by atoms with Gasteiger partial charge in [-0.15, -0.1) is 24.5 Å². The number of carbonyl (C=O) groups is 1. The summed E-state index contributed by atoms with van der Waals surface area (Å²) in [6.07, 6.45) is -1.84. The first kappa shape index (κ1) is 26.0. The van der Waals surface area contributed by atoms with Gasteiger partial charge in [0.05, 0.1) is 22.9 Å². The number of anilines is 1. The summed E-state index contributed by atoms with van der Waals surface area (Å²) >= 11 is 1.41. The van der Waals surface area contributed by atoms with Gasteiger partial charge in [-0.1, -0.05) is 6.07 Å². The molecule has 1 amide bonds. The van der Waals surface area contributed by atoms with E-state index in [-0.39, 0.29) is 28.3 Å². The van der Waals surface area contributed by atoms with Crippen LogP contribution in [0.1, 0.15) is 23.3 Å². The quantitative estimate of drug-likeness (QED) is 0.279. The van der Waals surface area contributed by atoms with Crippen molar-refractivity contribution < 1.29 is 35.9 Å². The Morgan fingerprint density at radius 1 is 1.24 bits per heavy atom. The third-order valence-corrected chi connectivity index (χ3v) is 8.06. The first-order valence-corrected chi connectivity index (χ1v) is 13.8. The van der Waals surface area contributed by atoms with Crippen LogP contribution >= 0.6 is 11.3 Å². The van der Waals surface area contributed by atoms with Gasteiger partial charge < -0.3 is 19.8 Å². The average Bonchev–Trinajstić information content (AvgIpc) is 3.62. The predicted octanol–water partition coefficient (Wildman–Crippen LogP) is 4.90. The van der Waals surface area contributed by atoms with Crippen molar-refractivity contribution in [3.05, 3.63) is 59.7 Å². The Bertz CT molecular complexity index is 1550. The molecule has 4 heterocycles. The molecular weight excluding hydrogens is 545 g/mol. The van der Waals surface area contributed by atoms with Gasteiger partial charge in [-0.25, -0.2) is 13.4 Å². The summed E-state index contributed by atoms with van der Waals surface area (Å²) < 4.78 is 74.7. The highest BCUT2D eigenvalue weighted by atomic mass is 32.2. The van der Waals surface area contributed by atoms with Gasteiger partial charge in [0.2, 0.25) is 0 Å². The van der Waals surface area contributed by atoms with Gasteiger partial charge in [0.1, 0.15) is 17.1 Å². The molecule has 0 radical (unpaired) electrons. The molecule has 1 aliphatic heterocycles. The summed E-state index contributed by atoms with van der Waals surface area (Å²) in [5.74, 6) is -0.886. The number of amides is 1. The summed E-state index contributed by atoms with van der Waals surface area (Å²) in [7, 11) is -4.16. The van der Waals surface area contributed by atoms with Crippen molar-refractivity contribution >= 4 is 44.0 Å². The third-order valence-electron chi connectivity index (χ3n) is 5.78. The van der Waals surface area contributed by atoms with Crippen LogP contribution in [0.4, 0.5) is 18.9 Å². The Balaban J connectivity index is 1.43. The number of sulfonamides is 1. The van der Waals surface area contributed by atoms with E-state index >= 15 is 0 Å². The van der Waals surface area contributed by atoms with Crippen LogP contribution in [0.15, 0.2) is 58.9 Å². The topological polar surface area (TPSA) is 122 Å². The molecule has 1 aromatic carbocycles. The number of rotatable bonds is 8. The number of carbonyl (C=O) groups excluding carboxylic acids is 1. The maximum atomic E-state index is 13.1. The fourth-order valence-electron chi connectivity index (χ4n) is 4.11. The van der Waals surface area contributed by atoms with E-state index in [0.29, 0.717) is 29.7 Å². The van der Waals surface area contributed by atoms with Gasteiger partial charge in [0.25, 0.3) is 15.9 Å². The van der Waals surface area contributed by atoms with E-state index in [1.54, 1.807) is 6.07 Å². The van der Waals surface area contributed by atoms with Crippen LogP contribution in [0.3, 0.4) is 0 Å². The summed E-state index contributed by atoms with van der Waals surface area (Å²) in [6.45, 7) is 1.03. The van der Waals surface area contributed by atoms with Crippen LogP contribution in [-0.2, 0) is 14.8 Å². The van der Waals surface area contributed by atoms with E-state index in [2.05, 4.69) is 24.7 Å². The Morgan fingerprint density at radius 3 is 2.68 bits per heavy atom. The van der Waals surface area contributed by atoms with Gasteiger partial charge in [-0.3, -0.25) is 9.52 Å². The first-order valence-electron chi connectivity index (χ1n) is 11.4. The van der Waals surface area contributed by atoms with Gasteiger partial charge in [-0.05, 0) is 54.6 Å². The number of nitrogens with one attached hydrogen (secondary N) is 3. The standard InChI is InChI=1S/C24H21F3N4O5S2/c25-24(26,27)36-15-5-7-17(8-6-15)38(33,34)31-14-11-18-20(19-4-2-10-37-19)21(30-22(18)28-12-14)23(32)29-13-16-3-1-9-35-16/h2,4-8,10-12,16,31H,1,3,9,13H2,(H,28,30)(H,29,32). The van der Waals surface area contributed by atoms with E-state index in [1.807, 2.05) is 17.5 Å². The van der Waals surface area contributed by atoms with E-state index in [4.69, 9.17) is 4.74 Å². The van der Waals surface area contributed by atoms with Crippen LogP contribution in [0.5, 0.6) is 5.75 Å². The van der Waals surface area contributed by atoms with Crippen LogP contribution in [0, 0.1) is 0 Å². The highest BCUT2D eigenvalue weighted by molar-refractivity contribution is 7.92. The highest BCUT2D eigenvalue weighted by Crippen LogP contribution is 2.36. The lowest BCUT2D eigenvalue weighted by Crippen LogP contribution is -2.32. The molecule has 3 N–H and O–H groups in total. The predicted molar refractivity (Wildman–Crippen MR) is 135 cm³/mol. The molecule has 1 saturated heterocycles. The van der Waals surface area contributed by atoms with Crippen LogP contribution in [-0.4, -0.2) is 49.9 Å². The number of hydrogen-bond donors (Lipinski definition) is 3. The third kappa shape index (κ3) is 5.76. The smallest absolute Gasteiger partial charge is 0.406 e. The summed E-state index contributed by atoms with van der Waals surface area (Å²) in [4.78, 5) is 20.9. The molecular formula is C24H21F3N4O5S2. The zero-order valence-corrected chi connectivity index (χ0v) is 21.2. The minimum Gasteiger partial charge on any atom is -0.406 e. The summed E-state index contributed by atoms with van der Waals surface area (Å²) in [6, 6.07) is 9.03. The van der Waals surface area contributed by atoms with Gasteiger partial charge >= 0.3 is 6.36 Å². The molecule has 0 aliphatic carbocycles. The zero-order valence-electron chi connectivity index (χ0n) is 19.5. The van der Waals surface area contributed by atoms with Crippen molar-refractivity contribution in [1.29, 1.82) is 0 Å². The SMILES string of the molecule is O=C(NCC1CCCO1)c1[nH]c2ncc(NS(=O)(=O)c3ccc(OC(F)(F)F)cc3)cc2c1-c1cccs1. The number of aromatic amines is 1. The molecule has 200 valence electrons. The van der Waals surface area contributed by atoms with Crippen molar-refractivity contribution in [2.24, 2.45) is 0 Å². The van der Waals surface area contributed by atoms with Crippen LogP contribution < -0.4 is 14.8 Å². The first-order chi connectivity index (χ1) is 18.1. The second kappa shape index (κ2) is 10.3. The molecule has 0 bridgehead atoms. The van der Waals surface area contributed by atoms with Crippen molar-refractivity contribution in [2.45, 2.75) is 30.2 Å². The minimum atomic E-state index is -4.89. The number of halogens is 3. The number of pyridine rings is 1. The molecule has 1 unspecified atom stereocenters. The molecule has 14 heteroatoms. The zero-order chi connectivity index (χ0) is 26.9. The Hall–Kier alpha value is -3.62. The van der Waals surface area contributed by atoms with E-state index in [1.165, 1.54) is 17.5 Å². The summed E-state index contributed by atoms with van der Waals surface area (Å²) in [5.41, 5.74) is 1.35. The number of benzene rings is 1. The number of fused-ring (bicyclic) bond motifs is 1. The summed E-state index contributed by atoms with van der Waals surface area (Å²) in [5, 5.41) is 5.26. The highest BCUT2D eigenvalue weighted by Gasteiger charge is 2.31. The Labute approximate surface area is 219 Å². The second-order valence-electron chi connectivity index (χ2n) is 8.44. The number of H-pyrrole nitrogens is 1. The molecule has 0 saturated carbocycles. The van der Waals surface area contributed by atoms with Crippen molar-refractivity contribution in [3.8, 4) is 16.2 Å². The van der Waals surface area contributed by atoms with Gasteiger partial charge in [-0.2, -0.15) is 0 Å². The molecule has 0 spiro atoms. The average molecular weight is 567 g/mol. The monoisotopic (exact) mass is 566 g/mol. The second-order valence-corrected chi connectivity index (χ2v) is 11.1.